The first-order chi connectivity index (χ1) is 9.92. The highest BCUT2D eigenvalue weighted by Gasteiger charge is 2.26. The predicted octanol–water partition coefficient (Wildman–Crippen LogP) is 3.72. The third kappa shape index (κ3) is 5.00. The summed E-state index contributed by atoms with van der Waals surface area (Å²) in [4.78, 5) is 22.7. The van der Waals surface area contributed by atoms with Crippen molar-refractivity contribution in [2.24, 2.45) is 5.41 Å². The zero-order valence-corrected chi connectivity index (χ0v) is 13.7. The van der Waals surface area contributed by atoms with Crippen LogP contribution in [0, 0.1) is 5.41 Å². The van der Waals surface area contributed by atoms with Crippen LogP contribution in [0.4, 0.5) is 0 Å². The highest BCUT2D eigenvalue weighted by atomic mass is 16.1. The molecule has 0 aliphatic heterocycles. The molecule has 0 fully saturated rings. The number of hydrogen-bond acceptors (Lipinski definition) is 2. The number of allylic oxidation sites excluding steroid dienone is 4. The Bertz CT molecular complexity index is 481. The largest absolute Gasteiger partial charge is 0.352 e. The summed E-state index contributed by atoms with van der Waals surface area (Å²) in [7, 11) is 0. The first kappa shape index (κ1) is 17.4. The second-order valence-electron chi connectivity index (χ2n) is 6.28. The van der Waals surface area contributed by atoms with Crippen LogP contribution in [0.3, 0.4) is 0 Å². The smallest absolute Gasteiger partial charge is 0.251 e. The molecular weight excluding hydrogens is 262 g/mol. The van der Waals surface area contributed by atoms with Crippen molar-refractivity contribution in [2.75, 3.05) is 6.54 Å². The number of rotatable bonds is 6. The zero-order valence-electron chi connectivity index (χ0n) is 13.7. The highest BCUT2D eigenvalue weighted by molar-refractivity contribution is 5.99. The van der Waals surface area contributed by atoms with Gasteiger partial charge in [0.25, 0.3) is 5.91 Å². The molecule has 0 heterocycles. The fraction of sp³-hybridized carbons (Fsp3) is 0.556. The van der Waals surface area contributed by atoms with Gasteiger partial charge >= 0.3 is 0 Å². The van der Waals surface area contributed by atoms with E-state index in [4.69, 9.17) is 0 Å². The summed E-state index contributed by atoms with van der Waals surface area (Å²) >= 11 is 0. The Kier molecular flexibility index (Phi) is 6.60. The standard InChI is InChI=1S/C18H27NO2/c1-5-12-19-17(21)15(10-13-20)8-9-16-14(2)7-6-11-18(16,3)4/h8-10,13H,5-7,11-12H2,1-4H3,(H,19,21)/b9-8+,15-10+. The third-order valence-electron chi connectivity index (χ3n) is 4.02. The van der Waals surface area contributed by atoms with Crippen LogP contribution in [0.2, 0.25) is 0 Å². The molecule has 0 aromatic carbocycles. The molecule has 1 aliphatic rings. The SMILES string of the molecule is CCCNC(=O)C(/C=C/C1=C(C)CCCC1(C)C)=C/C=O. The van der Waals surface area contributed by atoms with Crippen molar-refractivity contribution in [3.8, 4) is 0 Å². The Morgan fingerprint density at radius 1 is 1.38 bits per heavy atom. The molecule has 0 saturated carbocycles. The van der Waals surface area contributed by atoms with Gasteiger partial charge in [0.15, 0.2) is 0 Å². The maximum atomic E-state index is 12.0. The second-order valence-corrected chi connectivity index (χ2v) is 6.28. The molecule has 0 saturated heterocycles. The van der Waals surface area contributed by atoms with Crippen molar-refractivity contribution in [1.82, 2.24) is 5.32 Å². The van der Waals surface area contributed by atoms with E-state index in [0.717, 1.165) is 19.3 Å². The van der Waals surface area contributed by atoms with Crippen molar-refractivity contribution >= 4 is 12.2 Å². The van der Waals surface area contributed by atoms with Gasteiger partial charge in [0.1, 0.15) is 6.29 Å². The summed E-state index contributed by atoms with van der Waals surface area (Å²) in [5.74, 6) is -0.188. The van der Waals surface area contributed by atoms with Crippen LogP contribution in [-0.2, 0) is 9.59 Å². The van der Waals surface area contributed by atoms with Gasteiger partial charge in [0, 0.05) is 12.1 Å². The van der Waals surface area contributed by atoms with Crippen LogP contribution in [0.1, 0.15) is 53.4 Å². The van der Waals surface area contributed by atoms with Gasteiger partial charge in [-0.3, -0.25) is 9.59 Å². The number of carbonyl (C=O) groups excluding carboxylic acids is 2. The molecule has 0 aromatic heterocycles. The van der Waals surface area contributed by atoms with Crippen molar-refractivity contribution in [3.05, 3.63) is 34.9 Å². The van der Waals surface area contributed by atoms with Crippen LogP contribution in [-0.4, -0.2) is 18.7 Å². The molecule has 0 bridgehead atoms. The molecule has 3 heteroatoms. The maximum absolute atomic E-state index is 12.0. The molecule has 0 unspecified atom stereocenters. The molecule has 1 aliphatic carbocycles. The van der Waals surface area contributed by atoms with E-state index in [1.165, 1.54) is 23.6 Å². The van der Waals surface area contributed by atoms with E-state index in [2.05, 4.69) is 26.1 Å². The van der Waals surface area contributed by atoms with Crippen molar-refractivity contribution in [2.45, 2.75) is 53.4 Å². The molecule has 1 N–H and O–H groups in total. The van der Waals surface area contributed by atoms with Crippen LogP contribution >= 0.6 is 0 Å². The van der Waals surface area contributed by atoms with E-state index in [0.29, 0.717) is 18.4 Å². The summed E-state index contributed by atoms with van der Waals surface area (Å²) in [5, 5.41) is 2.80. The minimum atomic E-state index is -0.188. The van der Waals surface area contributed by atoms with E-state index in [-0.39, 0.29) is 11.3 Å². The number of aldehydes is 1. The van der Waals surface area contributed by atoms with Gasteiger partial charge in [-0.25, -0.2) is 0 Å². The fourth-order valence-corrected chi connectivity index (χ4v) is 2.80. The topological polar surface area (TPSA) is 46.2 Å². The molecule has 0 atom stereocenters. The van der Waals surface area contributed by atoms with Crippen LogP contribution in [0.5, 0.6) is 0 Å². The average molecular weight is 289 g/mol. The average Bonchev–Trinajstić information content (AvgIpc) is 2.42. The monoisotopic (exact) mass is 289 g/mol. The van der Waals surface area contributed by atoms with Gasteiger partial charge in [-0.15, -0.1) is 0 Å². The lowest BCUT2D eigenvalue weighted by Crippen LogP contribution is -2.25. The quantitative estimate of drug-likeness (QED) is 0.460. The van der Waals surface area contributed by atoms with Gasteiger partial charge in [-0.1, -0.05) is 32.4 Å². The van der Waals surface area contributed by atoms with Crippen LogP contribution in [0.15, 0.2) is 34.9 Å². The van der Waals surface area contributed by atoms with Gasteiger partial charge < -0.3 is 5.32 Å². The van der Waals surface area contributed by atoms with Gasteiger partial charge in [0.05, 0.1) is 0 Å². The Balaban J connectivity index is 2.95. The first-order valence-electron chi connectivity index (χ1n) is 7.74. The number of nitrogens with one attached hydrogen (secondary N) is 1. The van der Waals surface area contributed by atoms with Gasteiger partial charge in [-0.05, 0) is 55.7 Å². The second kappa shape index (κ2) is 7.96. The van der Waals surface area contributed by atoms with E-state index >= 15 is 0 Å². The summed E-state index contributed by atoms with van der Waals surface area (Å²) < 4.78 is 0. The van der Waals surface area contributed by atoms with Gasteiger partial charge in [-0.2, -0.15) is 0 Å². The molecule has 1 rings (SSSR count). The van der Waals surface area contributed by atoms with E-state index in [9.17, 15) is 9.59 Å². The Hall–Kier alpha value is -1.64. The highest BCUT2D eigenvalue weighted by Crippen LogP contribution is 2.40. The summed E-state index contributed by atoms with van der Waals surface area (Å²) in [6.07, 6.45) is 10.1. The van der Waals surface area contributed by atoms with E-state index in [1.807, 2.05) is 13.0 Å². The Morgan fingerprint density at radius 3 is 2.67 bits per heavy atom. The summed E-state index contributed by atoms with van der Waals surface area (Å²) in [6.45, 7) is 9.24. The summed E-state index contributed by atoms with van der Waals surface area (Å²) in [6, 6.07) is 0. The lowest BCUT2D eigenvalue weighted by molar-refractivity contribution is -0.117. The lowest BCUT2D eigenvalue weighted by Gasteiger charge is -2.33. The zero-order chi connectivity index (χ0) is 15.9. The molecule has 0 aromatic rings. The molecule has 0 radical (unpaired) electrons. The van der Waals surface area contributed by atoms with Gasteiger partial charge in [0.2, 0.25) is 0 Å². The Morgan fingerprint density at radius 2 is 2.10 bits per heavy atom. The molecule has 116 valence electrons. The maximum Gasteiger partial charge on any atom is 0.251 e. The molecule has 21 heavy (non-hydrogen) atoms. The molecular formula is C18H27NO2. The predicted molar refractivity (Wildman–Crippen MR) is 86.9 cm³/mol. The molecule has 0 spiro atoms. The van der Waals surface area contributed by atoms with E-state index in [1.54, 1.807) is 6.08 Å². The minimum Gasteiger partial charge on any atom is -0.352 e. The van der Waals surface area contributed by atoms with Crippen LogP contribution in [0.25, 0.3) is 0 Å². The van der Waals surface area contributed by atoms with Crippen molar-refractivity contribution in [3.63, 3.8) is 0 Å². The number of amides is 1. The number of hydrogen-bond donors (Lipinski definition) is 1. The normalized spacial score (nSPS) is 19.0. The Labute approximate surface area is 128 Å². The fourth-order valence-electron chi connectivity index (χ4n) is 2.80. The first-order valence-corrected chi connectivity index (χ1v) is 7.74. The third-order valence-corrected chi connectivity index (χ3v) is 4.02. The van der Waals surface area contributed by atoms with Crippen molar-refractivity contribution in [1.29, 1.82) is 0 Å². The molecule has 1 amide bonds. The van der Waals surface area contributed by atoms with Crippen LogP contribution < -0.4 is 5.32 Å². The summed E-state index contributed by atoms with van der Waals surface area (Å²) in [5.41, 5.74) is 3.21. The lowest BCUT2D eigenvalue weighted by atomic mass is 9.72. The number of carbonyl (C=O) groups is 2. The van der Waals surface area contributed by atoms with Crippen molar-refractivity contribution < 1.29 is 9.59 Å². The minimum absolute atomic E-state index is 0.130. The van der Waals surface area contributed by atoms with E-state index < -0.39 is 0 Å². The molecule has 3 nitrogen and oxygen atoms in total.